The average molecular weight is 151 g/mol. The van der Waals surface area contributed by atoms with Gasteiger partial charge < -0.3 is 5.32 Å². The lowest BCUT2D eigenvalue weighted by atomic mass is 10.0. The predicted molar refractivity (Wildman–Crippen MR) is 48.3 cm³/mol. The third-order valence-electron chi connectivity index (χ3n) is 2.76. The topological polar surface area (TPSA) is 12.0 Å². The van der Waals surface area contributed by atoms with E-state index in [1.165, 1.54) is 12.8 Å². The van der Waals surface area contributed by atoms with Gasteiger partial charge in [-0.05, 0) is 32.1 Å². The van der Waals surface area contributed by atoms with Crippen LogP contribution < -0.4 is 5.32 Å². The lowest BCUT2D eigenvalue weighted by Gasteiger charge is -2.18. The molecule has 1 nitrogen and oxygen atoms in total. The SMILES string of the molecule is CC#CCNC(C)C1(C)CC1. The smallest absolute Gasteiger partial charge is 0.0578 e. The molecule has 62 valence electrons. The minimum Gasteiger partial charge on any atom is -0.303 e. The van der Waals surface area contributed by atoms with Crippen molar-refractivity contribution < 1.29 is 0 Å². The molecule has 0 radical (unpaired) electrons. The van der Waals surface area contributed by atoms with E-state index in [0.29, 0.717) is 11.5 Å². The molecule has 1 aliphatic rings. The van der Waals surface area contributed by atoms with Crippen molar-refractivity contribution in [1.82, 2.24) is 5.32 Å². The van der Waals surface area contributed by atoms with E-state index in [2.05, 4.69) is 31.0 Å². The van der Waals surface area contributed by atoms with Crippen LogP contribution in [0.15, 0.2) is 0 Å². The first kappa shape index (κ1) is 8.62. The summed E-state index contributed by atoms with van der Waals surface area (Å²) in [5, 5.41) is 3.41. The van der Waals surface area contributed by atoms with Crippen LogP contribution >= 0.6 is 0 Å². The molecular weight excluding hydrogens is 134 g/mol. The quantitative estimate of drug-likeness (QED) is 0.606. The molecule has 1 saturated carbocycles. The standard InChI is InChI=1S/C10H17N/c1-4-5-8-11-9(2)10(3)6-7-10/h9,11H,6-8H2,1-3H3. The first-order valence-electron chi connectivity index (χ1n) is 4.32. The van der Waals surface area contributed by atoms with Gasteiger partial charge in [-0.3, -0.25) is 0 Å². The fraction of sp³-hybridized carbons (Fsp3) is 0.800. The minimum absolute atomic E-state index is 0.579. The highest BCUT2D eigenvalue weighted by atomic mass is 14.9. The fourth-order valence-electron chi connectivity index (χ4n) is 1.17. The first-order valence-corrected chi connectivity index (χ1v) is 4.32. The Labute approximate surface area is 69.6 Å². The molecule has 0 spiro atoms. The molecule has 11 heavy (non-hydrogen) atoms. The third-order valence-corrected chi connectivity index (χ3v) is 2.76. The second kappa shape index (κ2) is 3.28. The molecule has 1 heteroatoms. The lowest BCUT2D eigenvalue weighted by molar-refractivity contribution is 0.397. The molecule has 0 aliphatic heterocycles. The van der Waals surface area contributed by atoms with Gasteiger partial charge in [0.1, 0.15) is 0 Å². The van der Waals surface area contributed by atoms with Gasteiger partial charge in [0.05, 0.1) is 6.54 Å². The number of hydrogen-bond donors (Lipinski definition) is 1. The van der Waals surface area contributed by atoms with Crippen LogP contribution in [0.5, 0.6) is 0 Å². The van der Waals surface area contributed by atoms with Crippen LogP contribution in [0.4, 0.5) is 0 Å². The molecule has 1 fully saturated rings. The van der Waals surface area contributed by atoms with Crippen molar-refractivity contribution in [1.29, 1.82) is 0 Å². The Morgan fingerprint density at radius 2 is 2.18 bits per heavy atom. The molecule has 0 bridgehead atoms. The van der Waals surface area contributed by atoms with E-state index >= 15 is 0 Å². The van der Waals surface area contributed by atoms with Gasteiger partial charge in [0, 0.05) is 6.04 Å². The van der Waals surface area contributed by atoms with Gasteiger partial charge in [-0.2, -0.15) is 0 Å². The molecular formula is C10H17N. The van der Waals surface area contributed by atoms with Crippen LogP contribution in [0.3, 0.4) is 0 Å². The van der Waals surface area contributed by atoms with E-state index in [1.54, 1.807) is 0 Å². The fourth-order valence-corrected chi connectivity index (χ4v) is 1.17. The zero-order valence-electron chi connectivity index (χ0n) is 7.70. The van der Waals surface area contributed by atoms with Crippen molar-refractivity contribution in [3.8, 4) is 11.8 Å². The Morgan fingerprint density at radius 3 is 2.64 bits per heavy atom. The summed E-state index contributed by atoms with van der Waals surface area (Å²) in [5.41, 5.74) is 0.579. The molecule has 1 rings (SSSR count). The van der Waals surface area contributed by atoms with E-state index in [-0.39, 0.29) is 0 Å². The van der Waals surface area contributed by atoms with Crippen molar-refractivity contribution >= 4 is 0 Å². The summed E-state index contributed by atoms with van der Waals surface area (Å²) in [7, 11) is 0. The number of hydrogen-bond acceptors (Lipinski definition) is 1. The molecule has 0 aromatic heterocycles. The maximum atomic E-state index is 3.41. The zero-order valence-corrected chi connectivity index (χ0v) is 7.70. The Hall–Kier alpha value is -0.480. The van der Waals surface area contributed by atoms with Crippen molar-refractivity contribution in [3.63, 3.8) is 0 Å². The van der Waals surface area contributed by atoms with E-state index < -0.39 is 0 Å². The summed E-state index contributed by atoms with van der Waals surface area (Å²) < 4.78 is 0. The van der Waals surface area contributed by atoms with E-state index in [1.807, 2.05) is 6.92 Å². The molecule has 0 heterocycles. The van der Waals surface area contributed by atoms with Gasteiger partial charge in [0.2, 0.25) is 0 Å². The van der Waals surface area contributed by atoms with Crippen LogP contribution in [0, 0.1) is 17.3 Å². The summed E-state index contributed by atoms with van der Waals surface area (Å²) in [6.45, 7) is 7.31. The summed E-state index contributed by atoms with van der Waals surface area (Å²) in [6, 6.07) is 0.628. The molecule has 1 unspecified atom stereocenters. The summed E-state index contributed by atoms with van der Waals surface area (Å²) in [5.74, 6) is 5.90. The largest absolute Gasteiger partial charge is 0.303 e. The van der Waals surface area contributed by atoms with E-state index in [4.69, 9.17) is 0 Å². The normalized spacial score (nSPS) is 21.7. The Kier molecular flexibility index (Phi) is 2.57. The highest BCUT2D eigenvalue weighted by Gasteiger charge is 2.41. The Morgan fingerprint density at radius 1 is 1.55 bits per heavy atom. The van der Waals surface area contributed by atoms with Crippen molar-refractivity contribution in [2.24, 2.45) is 5.41 Å². The van der Waals surface area contributed by atoms with Crippen LogP contribution in [-0.4, -0.2) is 12.6 Å². The second-order valence-electron chi connectivity index (χ2n) is 3.68. The predicted octanol–water partition coefficient (Wildman–Crippen LogP) is 1.79. The average Bonchev–Trinajstić information content (AvgIpc) is 2.70. The summed E-state index contributed by atoms with van der Waals surface area (Å²) in [6.07, 6.45) is 2.75. The zero-order chi connectivity index (χ0) is 8.32. The van der Waals surface area contributed by atoms with Gasteiger partial charge in [-0.25, -0.2) is 0 Å². The molecule has 0 aromatic rings. The van der Waals surface area contributed by atoms with Crippen LogP contribution in [0.2, 0.25) is 0 Å². The molecule has 0 amide bonds. The molecule has 1 atom stereocenters. The summed E-state index contributed by atoms with van der Waals surface area (Å²) in [4.78, 5) is 0. The third kappa shape index (κ3) is 2.24. The van der Waals surface area contributed by atoms with Crippen LogP contribution in [0.25, 0.3) is 0 Å². The van der Waals surface area contributed by atoms with Gasteiger partial charge in [0.15, 0.2) is 0 Å². The van der Waals surface area contributed by atoms with Crippen LogP contribution in [-0.2, 0) is 0 Å². The maximum Gasteiger partial charge on any atom is 0.0578 e. The van der Waals surface area contributed by atoms with Gasteiger partial charge in [-0.15, -0.1) is 5.92 Å². The van der Waals surface area contributed by atoms with E-state index in [9.17, 15) is 0 Å². The lowest BCUT2D eigenvalue weighted by Crippen LogP contribution is -2.33. The molecule has 1 aliphatic carbocycles. The monoisotopic (exact) mass is 151 g/mol. The maximum absolute atomic E-state index is 3.41. The van der Waals surface area contributed by atoms with Crippen molar-refractivity contribution in [2.45, 2.75) is 39.7 Å². The van der Waals surface area contributed by atoms with Crippen LogP contribution in [0.1, 0.15) is 33.6 Å². The Balaban J connectivity index is 2.19. The van der Waals surface area contributed by atoms with Crippen molar-refractivity contribution in [3.05, 3.63) is 0 Å². The van der Waals surface area contributed by atoms with Crippen molar-refractivity contribution in [2.75, 3.05) is 6.54 Å². The first-order chi connectivity index (χ1) is 5.19. The molecule has 0 saturated heterocycles. The summed E-state index contributed by atoms with van der Waals surface area (Å²) >= 11 is 0. The van der Waals surface area contributed by atoms with Gasteiger partial charge in [-0.1, -0.05) is 12.8 Å². The van der Waals surface area contributed by atoms with Gasteiger partial charge in [0.25, 0.3) is 0 Å². The second-order valence-corrected chi connectivity index (χ2v) is 3.68. The highest BCUT2D eigenvalue weighted by molar-refractivity contribution is 5.01. The Bertz CT molecular complexity index is 181. The molecule has 0 aromatic carbocycles. The molecule has 1 N–H and O–H groups in total. The minimum atomic E-state index is 0.579. The number of rotatable bonds is 3. The number of nitrogens with one attached hydrogen (secondary N) is 1. The highest BCUT2D eigenvalue weighted by Crippen LogP contribution is 2.47. The van der Waals surface area contributed by atoms with Gasteiger partial charge >= 0.3 is 0 Å². The van der Waals surface area contributed by atoms with E-state index in [0.717, 1.165) is 6.54 Å².